The number of rotatable bonds is 3. The summed E-state index contributed by atoms with van der Waals surface area (Å²) in [4.78, 5) is 0. The molecule has 0 amide bonds. The Balaban J connectivity index is 1.89. The summed E-state index contributed by atoms with van der Waals surface area (Å²) in [5.74, 6) is 0.545. The molecule has 0 saturated heterocycles. The number of anilines is 1. The van der Waals surface area contributed by atoms with E-state index in [1.807, 2.05) is 12.1 Å². The van der Waals surface area contributed by atoms with Crippen LogP contribution in [0.15, 0.2) is 36.4 Å². The first-order valence-corrected chi connectivity index (χ1v) is 6.93. The van der Waals surface area contributed by atoms with Gasteiger partial charge in [-0.3, -0.25) is 0 Å². The fraction of sp³-hybridized carbons (Fsp3) is 0.250. The van der Waals surface area contributed by atoms with E-state index in [0.29, 0.717) is 10.7 Å². The molecule has 0 heterocycles. The maximum absolute atomic E-state index is 13.3. The summed E-state index contributed by atoms with van der Waals surface area (Å²) < 4.78 is 18.6. The largest absolute Gasteiger partial charge is 0.497 e. The van der Waals surface area contributed by atoms with E-state index in [2.05, 4.69) is 11.4 Å². The molecule has 1 atom stereocenters. The molecule has 1 aliphatic carbocycles. The lowest BCUT2D eigenvalue weighted by atomic mass is 10.1. The Morgan fingerprint density at radius 1 is 1.25 bits per heavy atom. The topological polar surface area (TPSA) is 21.3 Å². The number of ether oxygens (including phenoxy) is 1. The van der Waals surface area contributed by atoms with Gasteiger partial charge in [-0.25, -0.2) is 4.39 Å². The molecule has 0 aliphatic heterocycles. The monoisotopic (exact) mass is 291 g/mol. The fourth-order valence-electron chi connectivity index (χ4n) is 2.65. The van der Waals surface area contributed by atoms with Gasteiger partial charge in [-0.05, 0) is 54.3 Å². The van der Waals surface area contributed by atoms with Crippen molar-refractivity contribution < 1.29 is 9.13 Å². The van der Waals surface area contributed by atoms with Gasteiger partial charge in [0, 0.05) is 0 Å². The summed E-state index contributed by atoms with van der Waals surface area (Å²) in [5, 5.41) is 3.86. The molecule has 0 bridgehead atoms. The highest BCUT2D eigenvalue weighted by molar-refractivity contribution is 6.33. The van der Waals surface area contributed by atoms with Crippen LogP contribution in [0, 0.1) is 5.82 Å². The minimum absolute atomic E-state index is 0.138. The Kier molecular flexibility index (Phi) is 3.53. The molecule has 3 rings (SSSR count). The van der Waals surface area contributed by atoms with Crippen molar-refractivity contribution in [1.82, 2.24) is 0 Å². The number of nitrogens with one attached hydrogen (secondary N) is 1. The number of fused-ring (bicyclic) bond motifs is 1. The molecular formula is C16H15ClFNO. The van der Waals surface area contributed by atoms with Crippen molar-refractivity contribution in [2.24, 2.45) is 0 Å². The van der Waals surface area contributed by atoms with Crippen molar-refractivity contribution in [3.8, 4) is 5.75 Å². The van der Waals surface area contributed by atoms with E-state index >= 15 is 0 Å². The lowest BCUT2D eigenvalue weighted by Crippen LogP contribution is -2.08. The molecule has 0 radical (unpaired) electrons. The molecule has 2 aromatic rings. The first kappa shape index (κ1) is 13.3. The van der Waals surface area contributed by atoms with Gasteiger partial charge in [0.1, 0.15) is 11.6 Å². The van der Waals surface area contributed by atoms with Crippen molar-refractivity contribution in [3.63, 3.8) is 0 Å². The van der Waals surface area contributed by atoms with Gasteiger partial charge in [0.25, 0.3) is 0 Å². The van der Waals surface area contributed by atoms with Crippen LogP contribution in [0.4, 0.5) is 10.1 Å². The summed E-state index contributed by atoms with van der Waals surface area (Å²) in [5.41, 5.74) is 3.13. The number of hydrogen-bond acceptors (Lipinski definition) is 2. The van der Waals surface area contributed by atoms with E-state index in [4.69, 9.17) is 16.3 Å². The zero-order valence-electron chi connectivity index (χ0n) is 11.1. The van der Waals surface area contributed by atoms with Crippen LogP contribution in [-0.4, -0.2) is 7.11 Å². The van der Waals surface area contributed by atoms with Gasteiger partial charge in [-0.15, -0.1) is 0 Å². The third kappa shape index (κ3) is 2.46. The molecule has 1 unspecified atom stereocenters. The van der Waals surface area contributed by atoms with Gasteiger partial charge in [0.05, 0.1) is 23.9 Å². The second kappa shape index (κ2) is 5.33. The van der Waals surface area contributed by atoms with Crippen molar-refractivity contribution in [3.05, 3.63) is 58.4 Å². The molecule has 20 heavy (non-hydrogen) atoms. The zero-order valence-corrected chi connectivity index (χ0v) is 11.9. The Morgan fingerprint density at radius 3 is 2.90 bits per heavy atom. The van der Waals surface area contributed by atoms with Gasteiger partial charge >= 0.3 is 0 Å². The highest BCUT2D eigenvalue weighted by Gasteiger charge is 2.23. The van der Waals surface area contributed by atoms with E-state index in [9.17, 15) is 4.39 Å². The summed E-state index contributed by atoms with van der Waals surface area (Å²) in [6, 6.07) is 10.6. The summed E-state index contributed by atoms with van der Waals surface area (Å²) in [6.07, 6.45) is 1.97. The summed E-state index contributed by atoms with van der Waals surface area (Å²) in [7, 11) is 1.66. The molecular weight excluding hydrogens is 277 g/mol. The highest BCUT2D eigenvalue weighted by atomic mass is 35.5. The zero-order chi connectivity index (χ0) is 14.1. The SMILES string of the molecule is COc1ccc2c(c1)C(Nc1cc(F)ccc1Cl)CC2. The molecule has 1 aliphatic rings. The van der Waals surface area contributed by atoms with Crippen molar-refractivity contribution in [2.45, 2.75) is 18.9 Å². The van der Waals surface area contributed by atoms with Crippen LogP contribution in [0.2, 0.25) is 5.02 Å². The first-order valence-electron chi connectivity index (χ1n) is 6.56. The molecule has 2 nitrogen and oxygen atoms in total. The van der Waals surface area contributed by atoms with Crippen LogP contribution in [0.3, 0.4) is 0 Å². The van der Waals surface area contributed by atoms with Crippen LogP contribution in [0.25, 0.3) is 0 Å². The average Bonchev–Trinajstić information content (AvgIpc) is 2.85. The predicted molar refractivity (Wildman–Crippen MR) is 79.1 cm³/mol. The number of methoxy groups -OCH3 is 1. The second-order valence-corrected chi connectivity index (χ2v) is 5.33. The molecule has 0 spiro atoms. The molecule has 104 valence electrons. The fourth-order valence-corrected chi connectivity index (χ4v) is 2.83. The minimum Gasteiger partial charge on any atom is -0.497 e. The lowest BCUT2D eigenvalue weighted by molar-refractivity contribution is 0.414. The first-order chi connectivity index (χ1) is 9.67. The molecule has 0 saturated carbocycles. The van der Waals surface area contributed by atoms with Gasteiger partial charge in [-0.1, -0.05) is 17.7 Å². The van der Waals surface area contributed by atoms with E-state index in [1.165, 1.54) is 23.3 Å². The van der Waals surface area contributed by atoms with Crippen molar-refractivity contribution in [2.75, 3.05) is 12.4 Å². The Bertz CT molecular complexity index is 644. The molecule has 0 fully saturated rings. The van der Waals surface area contributed by atoms with Crippen LogP contribution in [-0.2, 0) is 6.42 Å². The third-order valence-electron chi connectivity index (χ3n) is 3.69. The molecule has 1 N–H and O–H groups in total. The van der Waals surface area contributed by atoms with Crippen LogP contribution < -0.4 is 10.1 Å². The standard InChI is InChI=1S/C16H15ClFNO/c1-20-12-5-2-10-3-7-15(13(10)9-12)19-16-8-11(18)4-6-14(16)17/h2,4-6,8-9,15,19H,3,7H2,1H3. The average molecular weight is 292 g/mol. The Morgan fingerprint density at radius 2 is 2.10 bits per heavy atom. The second-order valence-electron chi connectivity index (χ2n) is 4.92. The van der Waals surface area contributed by atoms with Crippen molar-refractivity contribution in [1.29, 1.82) is 0 Å². The van der Waals surface area contributed by atoms with E-state index in [0.717, 1.165) is 18.6 Å². The number of benzene rings is 2. The van der Waals surface area contributed by atoms with Gasteiger partial charge < -0.3 is 10.1 Å². The third-order valence-corrected chi connectivity index (χ3v) is 4.02. The van der Waals surface area contributed by atoms with Crippen LogP contribution >= 0.6 is 11.6 Å². The summed E-state index contributed by atoms with van der Waals surface area (Å²) in [6.45, 7) is 0. The van der Waals surface area contributed by atoms with Crippen molar-refractivity contribution >= 4 is 17.3 Å². The molecule has 0 aromatic heterocycles. The van der Waals surface area contributed by atoms with E-state index in [-0.39, 0.29) is 11.9 Å². The maximum atomic E-state index is 13.3. The van der Waals surface area contributed by atoms with Gasteiger partial charge in [0.2, 0.25) is 0 Å². The van der Waals surface area contributed by atoms with Crippen LogP contribution in [0.1, 0.15) is 23.6 Å². The number of hydrogen-bond donors (Lipinski definition) is 1. The molecule has 4 heteroatoms. The predicted octanol–water partition coefficient (Wildman–Crippen LogP) is 4.59. The Hall–Kier alpha value is -1.74. The van der Waals surface area contributed by atoms with Gasteiger partial charge in [0.15, 0.2) is 0 Å². The van der Waals surface area contributed by atoms with Gasteiger partial charge in [-0.2, -0.15) is 0 Å². The van der Waals surface area contributed by atoms with Crippen LogP contribution in [0.5, 0.6) is 5.75 Å². The van der Waals surface area contributed by atoms with E-state index in [1.54, 1.807) is 13.2 Å². The number of aryl methyl sites for hydroxylation is 1. The molecule has 2 aromatic carbocycles. The number of halogens is 2. The smallest absolute Gasteiger partial charge is 0.125 e. The normalized spacial score (nSPS) is 16.9. The Labute approximate surface area is 122 Å². The van der Waals surface area contributed by atoms with E-state index < -0.39 is 0 Å². The quantitative estimate of drug-likeness (QED) is 0.893. The summed E-state index contributed by atoms with van der Waals surface area (Å²) >= 11 is 6.11. The lowest BCUT2D eigenvalue weighted by Gasteiger charge is -2.17. The highest BCUT2D eigenvalue weighted by Crippen LogP contribution is 2.37. The maximum Gasteiger partial charge on any atom is 0.125 e. The minimum atomic E-state index is -0.291.